The third-order valence-electron chi connectivity index (χ3n) is 2.76. The number of hydrogen-bond donors (Lipinski definition) is 2. The van der Waals surface area contributed by atoms with Crippen LogP contribution in [0.15, 0.2) is 47.6 Å². The van der Waals surface area contributed by atoms with E-state index in [2.05, 4.69) is 5.16 Å². The monoisotopic (exact) mass is 305 g/mol. The second kappa shape index (κ2) is 6.76. The molecule has 0 unspecified atom stereocenters. The average molecular weight is 306 g/mol. The van der Waals surface area contributed by atoms with Gasteiger partial charge in [-0.15, -0.1) is 0 Å². The van der Waals surface area contributed by atoms with Crippen molar-refractivity contribution in [2.45, 2.75) is 6.61 Å². The smallest absolute Gasteiger partial charge is 0.335 e. The summed E-state index contributed by atoms with van der Waals surface area (Å²) in [6.07, 6.45) is 1.26. The molecule has 0 aromatic heterocycles. The Morgan fingerprint density at radius 1 is 1.24 bits per heavy atom. The summed E-state index contributed by atoms with van der Waals surface area (Å²) in [5, 5.41) is 20.6. The van der Waals surface area contributed by atoms with Gasteiger partial charge in [-0.3, -0.25) is 0 Å². The van der Waals surface area contributed by atoms with Crippen molar-refractivity contribution < 1.29 is 19.8 Å². The van der Waals surface area contributed by atoms with Gasteiger partial charge >= 0.3 is 5.97 Å². The second-order valence-corrected chi connectivity index (χ2v) is 4.63. The van der Waals surface area contributed by atoms with E-state index in [0.717, 1.165) is 5.56 Å². The van der Waals surface area contributed by atoms with Crippen LogP contribution in [0.1, 0.15) is 21.5 Å². The zero-order chi connectivity index (χ0) is 15.2. The van der Waals surface area contributed by atoms with Gasteiger partial charge in [-0.25, -0.2) is 4.79 Å². The van der Waals surface area contributed by atoms with Gasteiger partial charge in [-0.05, 0) is 41.5 Å². The molecule has 0 aliphatic rings. The van der Waals surface area contributed by atoms with Gasteiger partial charge in [0, 0.05) is 0 Å². The maximum absolute atomic E-state index is 10.7. The van der Waals surface area contributed by atoms with Crippen LogP contribution in [-0.2, 0) is 6.61 Å². The fraction of sp³-hybridized carbons (Fsp3) is 0.0667. The van der Waals surface area contributed by atoms with Crippen molar-refractivity contribution in [1.29, 1.82) is 0 Å². The van der Waals surface area contributed by atoms with Gasteiger partial charge in [0.25, 0.3) is 0 Å². The van der Waals surface area contributed by atoms with Gasteiger partial charge in [0.1, 0.15) is 12.4 Å². The lowest BCUT2D eigenvalue weighted by molar-refractivity contribution is 0.0697. The molecule has 21 heavy (non-hydrogen) atoms. The zero-order valence-corrected chi connectivity index (χ0v) is 11.6. The van der Waals surface area contributed by atoms with Crippen molar-refractivity contribution in [1.82, 2.24) is 0 Å². The molecule has 2 N–H and O–H groups in total. The molecule has 0 atom stereocenters. The lowest BCUT2D eigenvalue weighted by Crippen LogP contribution is -1.99. The first-order valence-electron chi connectivity index (χ1n) is 6.02. The molecule has 0 aliphatic heterocycles. The Morgan fingerprint density at radius 2 is 1.95 bits per heavy atom. The molecule has 0 radical (unpaired) electrons. The largest absolute Gasteiger partial charge is 0.487 e. The Balaban J connectivity index is 2.04. The van der Waals surface area contributed by atoms with Crippen molar-refractivity contribution in [2.24, 2.45) is 5.16 Å². The molecule has 2 aromatic carbocycles. The summed E-state index contributed by atoms with van der Waals surface area (Å²) < 4.78 is 5.57. The Morgan fingerprint density at radius 3 is 2.52 bits per heavy atom. The molecule has 0 aliphatic carbocycles. The Hall–Kier alpha value is -2.53. The molecule has 0 bridgehead atoms. The predicted octanol–water partition coefficient (Wildman–Crippen LogP) is 3.43. The third-order valence-corrected chi connectivity index (χ3v) is 3.05. The van der Waals surface area contributed by atoms with Crippen LogP contribution in [0.2, 0.25) is 5.02 Å². The van der Waals surface area contributed by atoms with Crippen LogP contribution < -0.4 is 4.74 Å². The number of carboxylic acids is 1. The highest BCUT2D eigenvalue weighted by atomic mass is 35.5. The summed E-state index contributed by atoms with van der Waals surface area (Å²) in [5.74, 6) is -0.472. The topological polar surface area (TPSA) is 79.1 Å². The maximum atomic E-state index is 10.7. The summed E-state index contributed by atoms with van der Waals surface area (Å²) in [5.41, 5.74) is 1.71. The van der Waals surface area contributed by atoms with Gasteiger partial charge < -0.3 is 15.1 Å². The van der Waals surface area contributed by atoms with Crippen molar-refractivity contribution in [3.05, 3.63) is 64.2 Å². The first-order chi connectivity index (χ1) is 10.1. The lowest BCUT2D eigenvalue weighted by atomic mass is 10.1. The van der Waals surface area contributed by atoms with E-state index in [9.17, 15) is 4.79 Å². The van der Waals surface area contributed by atoms with E-state index < -0.39 is 5.97 Å². The molecule has 5 nitrogen and oxygen atoms in total. The molecular weight excluding hydrogens is 294 g/mol. The van der Waals surface area contributed by atoms with Crippen LogP contribution in [-0.4, -0.2) is 22.5 Å². The minimum absolute atomic E-state index is 0.226. The van der Waals surface area contributed by atoms with Crippen LogP contribution in [0.3, 0.4) is 0 Å². The van der Waals surface area contributed by atoms with Gasteiger partial charge in [-0.2, -0.15) is 0 Å². The number of hydrogen-bond acceptors (Lipinski definition) is 4. The van der Waals surface area contributed by atoms with Gasteiger partial charge in [0.2, 0.25) is 0 Å². The SMILES string of the molecule is O=C(O)c1ccc(COc2ccc(/C=N\O)cc2Cl)cc1. The van der Waals surface area contributed by atoms with E-state index in [1.54, 1.807) is 30.3 Å². The highest BCUT2D eigenvalue weighted by Crippen LogP contribution is 2.25. The predicted molar refractivity (Wildman–Crippen MR) is 78.6 cm³/mol. The summed E-state index contributed by atoms with van der Waals surface area (Å²) in [4.78, 5) is 10.7. The van der Waals surface area contributed by atoms with Crippen LogP contribution in [0.5, 0.6) is 5.75 Å². The number of carbonyl (C=O) groups is 1. The van der Waals surface area contributed by atoms with Crippen LogP contribution >= 0.6 is 11.6 Å². The van der Waals surface area contributed by atoms with E-state index in [-0.39, 0.29) is 12.2 Å². The molecule has 0 saturated heterocycles. The van der Waals surface area contributed by atoms with Crippen LogP contribution in [0.25, 0.3) is 0 Å². The standard InChI is InChI=1S/C15H12ClNO4/c16-13-7-11(8-17-20)3-6-14(13)21-9-10-1-4-12(5-2-10)15(18)19/h1-8,20H,9H2,(H,18,19)/b17-8-. The molecule has 0 heterocycles. The minimum atomic E-state index is -0.966. The number of oxime groups is 1. The summed E-state index contributed by atoms with van der Waals surface area (Å²) in [7, 11) is 0. The lowest BCUT2D eigenvalue weighted by Gasteiger charge is -2.08. The number of aromatic carboxylic acids is 1. The van der Waals surface area contributed by atoms with Gasteiger partial charge in [0.05, 0.1) is 16.8 Å². The average Bonchev–Trinajstić information content (AvgIpc) is 2.47. The second-order valence-electron chi connectivity index (χ2n) is 4.23. The van der Waals surface area contributed by atoms with Gasteiger partial charge in [-0.1, -0.05) is 28.9 Å². The number of nitrogens with zero attached hydrogens (tertiary/aromatic N) is 1. The molecule has 0 saturated carbocycles. The minimum Gasteiger partial charge on any atom is -0.487 e. The fourth-order valence-electron chi connectivity index (χ4n) is 1.69. The molecule has 108 valence electrons. The molecule has 2 aromatic rings. The van der Waals surface area contributed by atoms with Gasteiger partial charge in [0.15, 0.2) is 0 Å². The maximum Gasteiger partial charge on any atom is 0.335 e. The third kappa shape index (κ3) is 3.97. The summed E-state index contributed by atoms with van der Waals surface area (Å²) in [6.45, 7) is 0.271. The van der Waals surface area contributed by atoms with Crippen molar-refractivity contribution in [3.8, 4) is 5.75 Å². The molecule has 0 fully saturated rings. The number of halogens is 1. The Kier molecular flexibility index (Phi) is 4.79. The van der Waals surface area contributed by atoms with Crippen LogP contribution in [0.4, 0.5) is 0 Å². The van der Waals surface area contributed by atoms with E-state index in [4.69, 9.17) is 26.7 Å². The molecule has 0 spiro atoms. The highest BCUT2D eigenvalue weighted by molar-refractivity contribution is 6.32. The number of benzene rings is 2. The highest BCUT2D eigenvalue weighted by Gasteiger charge is 2.05. The summed E-state index contributed by atoms with van der Waals surface area (Å²) in [6, 6.07) is 11.4. The quantitative estimate of drug-likeness (QED) is 0.504. The van der Waals surface area contributed by atoms with Crippen molar-refractivity contribution in [2.75, 3.05) is 0 Å². The molecule has 2 rings (SSSR count). The number of carboxylic acid groups (broad SMARTS) is 1. The number of ether oxygens (including phenoxy) is 1. The first-order valence-corrected chi connectivity index (χ1v) is 6.40. The van der Waals surface area contributed by atoms with Crippen molar-refractivity contribution >= 4 is 23.8 Å². The van der Waals surface area contributed by atoms with E-state index >= 15 is 0 Å². The molecule has 6 heteroatoms. The summed E-state index contributed by atoms with van der Waals surface area (Å²) >= 11 is 6.05. The van der Waals surface area contributed by atoms with E-state index in [1.807, 2.05) is 0 Å². The van der Waals surface area contributed by atoms with E-state index in [0.29, 0.717) is 16.3 Å². The normalized spacial score (nSPS) is 10.7. The molecule has 0 amide bonds. The zero-order valence-electron chi connectivity index (χ0n) is 10.9. The Labute approximate surface area is 126 Å². The number of rotatable bonds is 5. The van der Waals surface area contributed by atoms with Crippen molar-refractivity contribution in [3.63, 3.8) is 0 Å². The van der Waals surface area contributed by atoms with E-state index in [1.165, 1.54) is 18.3 Å². The first kappa shape index (κ1) is 14.9. The molecular formula is C15H12ClNO4. The van der Waals surface area contributed by atoms with Crippen LogP contribution in [0, 0.1) is 0 Å². The Bertz CT molecular complexity index is 668. The fourth-order valence-corrected chi connectivity index (χ4v) is 1.93.